The molecule has 0 aromatic heterocycles. The van der Waals surface area contributed by atoms with Gasteiger partial charge in [0.2, 0.25) is 0 Å². The molecule has 1 atom stereocenters. The number of phosphoric acid groups is 1. The zero-order valence-electron chi connectivity index (χ0n) is 6.71. The van der Waals surface area contributed by atoms with Crippen LogP contribution < -0.4 is 0 Å². The molecule has 0 rings (SSSR count). The number of Topliss-reactive ketones (excluding diaryl/α,β-unsaturated/α-hetero) is 2. The highest BCUT2D eigenvalue weighted by Crippen LogP contribution is 2.35. The molecule has 0 unspecified atom stereocenters. The van der Waals surface area contributed by atoms with E-state index in [0.717, 1.165) is 6.92 Å². The van der Waals surface area contributed by atoms with Crippen LogP contribution in [-0.4, -0.2) is 39.2 Å². The molecule has 0 saturated heterocycles. The van der Waals surface area contributed by atoms with Gasteiger partial charge in [-0.15, -0.1) is 0 Å². The molecule has 0 fully saturated rings. The fraction of sp³-hybridized carbons (Fsp3) is 0.600. The minimum Gasteiger partial charge on any atom is -0.377 e. The van der Waals surface area contributed by atoms with Gasteiger partial charge in [-0.25, -0.2) is 4.57 Å². The summed E-state index contributed by atoms with van der Waals surface area (Å²) in [6.45, 7) is -0.0227. The topological polar surface area (TPSA) is 121 Å². The van der Waals surface area contributed by atoms with E-state index in [4.69, 9.17) is 14.9 Å². The van der Waals surface area contributed by atoms with E-state index in [-0.39, 0.29) is 0 Å². The van der Waals surface area contributed by atoms with Crippen molar-refractivity contribution in [3.05, 3.63) is 0 Å². The predicted octanol–water partition coefficient (Wildman–Crippen LogP) is -1.39. The average Bonchev–Trinajstić information content (AvgIpc) is 1.97. The van der Waals surface area contributed by atoms with Gasteiger partial charge in [0.25, 0.3) is 0 Å². The van der Waals surface area contributed by atoms with Crippen LogP contribution in [0.25, 0.3) is 0 Å². The van der Waals surface area contributed by atoms with Crippen molar-refractivity contribution < 1.29 is 33.6 Å². The minimum absolute atomic E-state index is 0.806. The molecule has 0 bridgehead atoms. The summed E-state index contributed by atoms with van der Waals surface area (Å²) in [7, 11) is -4.73. The second kappa shape index (κ2) is 4.59. The van der Waals surface area contributed by atoms with Gasteiger partial charge in [0.1, 0.15) is 6.61 Å². The molecular weight excluding hydrogens is 203 g/mol. The molecule has 0 heterocycles. The van der Waals surface area contributed by atoms with Crippen molar-refractivity contribution in [3.63, 3.8) is 0 Å². The summed E-state index contributed by atoms with van der Waals surface area (Å²) in [5.41, 5.74) is 0. The maximum atomic E-state index is 10.7. The lowest BCUT2D eigenvalue weighted by Crippen LogP contribution is -2.30. The summed E-state index contributed by atoms with van der Waals surface area (Å²) < 4.78 is 13.8. The van der Waals surface area contributed by atoms with Crippen LogP contribution in [0.3, 0.4) is 0 Å². The van der Waals surface area contributed by atoms with E-state index >= 15 is 0 Å². The standard InChI is InChI=1S/C5H9O7P/c1-3(6)5(8)4(7)2-12-13(9,10)11/h5,8H,2H2,1H3,(H2,9,10,11)/t5-/m1/s1. The van der Waals surface area contributed by atoms with Crippen molar-refractivity contribution in [2.45, 2.75) is 13.0 Å². The number of hydrogen-bond acceptors (Lipinski definition) is 5. The summed E-state index contributed by atoms with van der Waals surface area (Å²) >= 11 is 0. The quantitative estimate of drug-likeness (QED) is 0.379. The number of aliphatic hydroxyl groups excluding tert-OH is 1. The zero-order chi connectivity index (χ0) is 10.6. The number of phosphoric ester groups is 1. The van der Waals surface area contributed by atoms with Crippen molar-refractivity contribution in [1.29, 1.82) is 0 Å². The molecule has 7 nitrogen and oxygen atoms in total. The maximum Gasteiger partial charge on any atom is 0.470 e. The Morgan fingerprint density at radius 1 is 1.46 bits per heavy atom. The van der Waals surface area contributed by atoms with Gasteiger partial charge >= 0.3 is 7.82 Å². The molecule has 0 aromatic carbocycles. The van der Waals surface area contributed by atoms with Crippen LogP contribution in [0.1, 0.15) is 6.92 Å². The molecule has 0 amide bonds. The second-order valence-electron chi connectivity index (χ2n) is 2.24. The first-order valence-corrected chi connectivity index (χ1v) is 4.68. The van der Waals surface area contributed by atoms with Crippen LogP contribution in [0.15, 0.2) is 0 Å². The van der Waals surface area contributed by atoms with E-state index in [1.54, 1.807) is 0 Å². The lowest BCUT2D eigenvalue weighted by atomic mass is 10.2. The van der Waals surface area contributed by atoms with Gasteiger partial charge in [0.05, 0.1) is 0 Å². The third kappa shape index (κ3) is 5.62. The number of aliphatic hydroxyl groups is 1. The number of rotatable bonds is 5. The molecule has 8 heteroatoms. The van der Waals surface area contributed by atoms with Gasteiger partial charge in [-0.05, 0) is 6.92 Å². The van der Waals surface area contributed by atoms with Gasteiger partial charge < -0.3 is 14.9 Å². The first-order chi connectivity index (χ1) is 5.74. The maximum absolute atomic E-state index is 10.7. The van der Waals surface area contributed by atoms with E-state index in [1.165, 1.54) is 0 Å². The fourth-order valence-corrected chi connectivity index (χ4v) is 0.749. The highest BCUT2D eigenvalue weighted by molar-refractivity contribution is 7.46. The van der Waals surface area contributed by atoms with Gasteiger partial charge in [0, 0.05) is 0 Å². The predicted molar refractivity (Wildman–Crippen MR) is 39.7 cm³/mol. The van der Waals surface area contributed by atoms with Crippen LogP contribution in [0.5, 0.6) is 0 Å². The van der Waals surface area contributed by atoms with Crippen LogP contribution >= 0.6 is 7.82 Å². The Bertz CT molecular complexity index is 254. The second-order valence-corrected chi connectivity index (χ2v) is 3.48. The van der Waals surface area contributed by atoms with Crippen molar-refractivity contribution in [3.8, 4) is 0 Å². The Kier molecular flexibility index (Phi) is 4.38. The van der Waals surface area contributed by atoms with Gasteiger partial charge in [0.15, 0.2) is 17.7 Å². The lowest BCUT2D eigenvalue weighted by Gasteiger charge is -2.06. The summed E-state index contributed by atoms with van der Waals surface area (Å²) in [4.78, 5) is 37.4. The molecule has 3 N–H and O–H groups in total. The first kappa shape index (κ1) is 12.4. The summed E-state index contributed by atoms with van der Waals surface area (Å²) in [6.07, 6.45) is -1.88. The van der Waals surface area contributed by atoms with Crippen molar-refractivity contribution in [2.75, 3.05) is 6.61 Å². The average molecular weight is 212 g/mol. The highest BCUT2D eigenvalue weighted by atomic mass is 31.2. The SMILES string of the molecule is CC(=O)[C@@H](O)C(=O)COP(=O)(O)O. The van der Waals surface area contributed by atoms with Crippen LogP contribution in [0, 0.1) is 0 Å². The fourth-order valence-electron chi connectivity index (χ4n) is 0.453. The molecule has 76 valence electrons. The molecule has 0 aliphatic rings. The molecule has 0 aromatic rings. The van der Waals surface area contributed by atoms with E-state index in [9.17, 15) is 14.2 Å². The smallest absolute Gasteiger partial charge is 0.377 e. The summed E-state index contributed by atoms with van der Waals surface area (Å²) in [6, 6.07) is 0. The number of carbonyl (C=O) groups excluding carboxylic acids is 2. The Morgan fingerprint density at radius 2 is 1.92 bits per heavy atom. The first-order valence-electron chi connectivity index (χ1n) is 3.15. The monoisotopic (exact) mass is 212 g/mol. The van der Waals surface area contributed by atoms with Crippen LogP contribution in [0.4, 0.5) is 0 Å². The third-order valence-electron chi connectivity index (χ3n) is 1.07. The van der Waals surface area contributed by atoms with E-state index in [1.807, 2.05) is 0 Å². The number of ketones is 2. The van der Waals surface area contributed by atoms with Gasteiger partial charge in [-0.1, -0.05) is 0 Å². The molecular formula is C5H9O7P. The molecule has 0 aliphatic carbocycles. The Labute approximate surface area is 73.6 Å². The van der Waals surface area contributed by atoms with Gasteiger partial charge in [-0.2, -0.15) is 0 Å². The zero-order valence-corrected chi connectivity index (χ0v) is 7.60. The number of carbonyl (C=O) groups is 2. The molecule has 0 spiro atoms. The Balaban J connectivity index is 4.03. The normalized spacial score (nSPS) is 13.8. The van der Waals surface area contributed by atoms with Crippen LogP contribution in [-0.2, 0) is 18.7 Å². The van der Waals surface area contributed by atoms with Crippen molar-refractivity contribution >= 4 is 19.4 Å². The van der Waals surface area contributed by atoms with Crippen molar-refractivity contribution in [2.24, 2.45) is 0 Å². The summed E-state index contributed by atoms with van der Waals surface area (Å²) in [5, 5.41) is 8.76. The van der Waals surface area contributed by atoms with E-state index < -0.39 is 32.1 Å². The summed E-state index contributed by atoms with van der Waals surface area (Å²) in [5.74, 6) is -1.89. The van der Waals surface area contributed by atoms with Crippen LogP contribution in [0.2, 0.25) is 0 Å². The van der Waals surface area contributed by atoms with Gasteiger partial charge in [-0.3, -0.25) is 14.1 Å². The minimum atomic E-state index is -4.73. The molecule has 0 saturated carbocycles. The molecule has 13 heavy (non-hydrogen) atoms. The highest BCUT2D eigenvalue weighted by Gasteiger charge is 2.23. The third-order valence-corrected chi connectivity index (χ3v) is 1.53. The lowest BCUT2D eigenvalue weighted by molar-refractivity contribution is -0.138. The molecule has 0 aliphatic heterocycles. The molecule has 0 radical (unpaired) electrons. The number of hydrogen-bond donors (Lipinski definition) is 3. The van der Waals surface area contributed by atoms with E-state index in [0.29, 0.717) is 0 Å². The van der Waals surface area contributed by atoms with Crippen molar-refractivity contribution in [1.82, 2.24) is 0 Å². The van der Waals surface area contributed by atoms with E-state index in [2.05, 4.69) is 4.52 Å². The Morgan fingerprint density at radius 3 is 2.23 bits per heavy atom. The largest absolute Gasteiger partial charge is 0.470 e. The Hall–Kier alpha value is -0.590.